The third kappa shape index (κ3) is 3.91. The Balaban J connectivity index is 1.61. The standard InChI is InChI=1S/C21H19F5N2O3/c22-8-21(9-23)7-18(14-3-10(24)4-16(26)19(14)31-21)28-20(30)27-17-2-1-15(25)12-5-11(29)6-13(12)17/h1-4,11,18,29H,5-9H2,(H2,27,28,30)/t11-,18+/m0/s1. The lowest BCUT2D eigenvalue weighted by Crippen LogP contribution is -2.49. The first-order chi connectivity index (χ1) is 14.7. The lowest BCUT2D eigenvalue weighted by Gasteiger charge is -2.39. The highest BCUT2D eigenvalue weighted by molar-refractivity contribution is 5.91. The van der Waals surface area contributed by atoms with E-state index in [1.165, 1.54) is 6.07 Å². The van der Waals surface area contributed by atoms with E-state index >= 15 is 0 Å². The molecular formula is C21H19F5N2O3. The van der Waals surface area contributed by atoms with E-state index in [-0.39, 0.29) is 24.1 Å². The van der Waals surface area contributed by atoms with Crippen molar-refractivity contribution in [1.82, 2.24) is 5.32 Å². The summed E-state index contributed by atoms with van der Waals surface area (Å²) in [5.41, 5.74) is -1.13. The molecule has 2 aromatic carbocycles. The summed E-state index contributed by atoms with van der Waals surface area (Å²) >= 11 is 0. The summed E-state index contributed by atoms with van der Waals surface area (Å²) in [6.07, 6.45) is -0.923. The maximum atomic E-state index is 14.2. The Labute approximate surface area is 174 Å². The molecule has 1 heterocycles. The molecule has 0 spiro atoms. The van der Waals surface area contributed by atoms with Crippen LogP contribution in [-0.4, -0.2) is 36.2 Å². The number of benzene rings is 2. The van der Waals surface area contributed by atoms with E-state index in [2.05, 4.69) is 10.6 Å². The van der Waals surface area contributed by atoms with Crippen LogP contribution in [0, 0.1) is 17.5 Å². The van der Waals surface area contributed by atoms with E-state index in [1.807, 2.05) is 0 Å². The fourth-order valence-electron chi connectivity index (χ4n) is 4.11. The van der Waals surface area contributed by atoms with E-state index in [1.54, 1.807) is 0 Å². The second-order valence-corrected chi connectivity index (χ2v) is 7.83. The second kappa shape index (κ2) is 7.99. The quantitative estimate of drug-likeness (QED) is 0.630. The normalized spacial score (nSPS) is 21.1. The maximum Gasteiger partial charge on any atom is 0.319 e. The highest BCUT2D eigenvalue weighted by Gasteiger charge is 2.44. The minimum atomic E-state index is -2.02. The summed E-state index contributed by atoms with van der Waals surface area (Å²) in [5, 5.41) is 14.8. The van der Waals surface area contributed by atoms with E-state index in [0.717, 1.165) is 12.1 Å². The average Bonchev–Trinajstić information content (AvgIpc) is 3.13. The summed E-state index contributed by atoms with van der Waals surface area (Å²) in [6.45, 7) is -2.58. The van der Waals surface area contributed by atoms with Crippen molar-refractivity contribution in [2.45, 2.75) is 37.0 Å². The number of hydrogen-bond donors (Lipinski definition) is 3. The van der Waals surface area contributed by atoms with Crippen molar-refractivity contribution in [3.8, 4) is 5.75 Å². The highest BCUT2D eigenvalue weighted by Crippen LogP contribution is 2.42. The van der Waals surface area contributed by atoms with Crippen LogP contribution >= 0.6 is 0 Å². The second-order valence-electron chi connectivity index (χ2n) is 7.83. The molecule has 166 valence electrons. The molecule has 2 amide bonds. The molecule has 0 bridgehead atoms. The minimum Gasteiger partial charge on any atom is -0.478 e. The molecule has 2 aromatic rings. The van der Waals surface area contributed by atoms with Crippen molar-refractivity contribution in [1.29, 1.82) is 0 Å². The summed E-state index contributed by atoms with van der Waals surface area (Å²) in [6, 6.07) is 1.95. The lowest BCUT2D eigenvalue weighted by molar-refractivity contribution is -0.0139. The smallest absolute Gasteiger partial charge is 0.319 e. The molecule has 2 aliphatic rings. The number of aliphatic hydroxyl groups excluding tert-OH is 1. The molecule has 1 aliphatic heterocycles. The van der Waals surface area contributed by atoms with Gasteiger partial charge in [0.15, 0.2) is 17.2 Å². The number of carbonyl (C=O) groups excluding carboxylic acids is 1. The summed E-state index contributed by atoms with van der Waals surface area (Å²) in [4.78, 5) is 12.6. The third-order valence-corrected chi connectivity index (χ3v) is 5.60. The SMILES string of the molecule is O=C(Nc1ccc(F)c2c1C[C@@H](O)C2)N[C@@H]1CC(CF)(CF)Oc2c(F)cc(F)cc21. The Kier molecular flexibility index (Phi) is 5.50. The monoisotopic (exact) mass is 442 g/mol. The Morgan fingerprint density at radius 2 is 1.81 bits per heavy atom. The highest BCUT2D eigenvalue weighted by atomic mass is 19.1. The van der Waals surface area contributed by atoms with Gasteiger partial charge in [-0.05, 0) is 29.3 Å². The Hall–Kier alpha value is -2.88. The average molecular weight is 442 g/mol. The van der Waals surface area contributed by atoms with Gasteiger partial charge >= 0.3 is 6.03 Å². The zero-order chi connectivity index (χ0) is 22.3. The van der Waals surface area contributed by atoms with Crippen molar-refractivity contribution >= 4 is 11.7 Å². The van der Waals surface area contributed by atoms with Gasteiger partial charge in [0.25, 0.3) is 0 Å². The summed E-state index contributed by atoms with van der Waals surface area (Å²) < 4.78 is 74.3. The molecule has 31 heavy (non-hydrogen) atoms. The Morgan fingerprint density at radius 1 is 1.10 bits per heavy atom. The third-order valence-electron chi connectivity index (χ3n) is 5.60. The molecule has 4 rings (SSSR count). The first-order valence-electron chi connectivity index (χ1n) is 9.61. The predicted molar refractivity (Wildman–Crippen MR) is 101 cm³/mol. The van der Waals surface area contributed by atoms with Gasteiger partial charge in [-0.15, -0.1) is 0 Å². The fraction of sp³-hybridized carbons (Fsp3) is 0.381. The van der Waals surface area contributed by atoms with Crippen molar-refractivity contribution < 1.29 is 36.6 Å². The Bertz CT molecular complexity index is 1030. The first-order valence-corrected chi connectivity index (χ1v) is 9.61. The van der Waals surface area contributed by atoms with Gasteiger partial charge in [-0.25, -0.2) is 26.7 Å². The summed E-state index contributed by atoms with van der Waals surface area (Å²) in [7, 11) is 0. The number of hydrogen-bond acceptors (Lipinski definition) is 3. The van der Waals surface area contributed by atoms with E-state index in [0.29, 0.717) is 17.2 Å². The molecular weight excluding hydrogens is 423 g/mol. The lowest BCUT2D eigenvalue weighted by atomic mass is 9.88. The van der Waals surface area contributed by atoms with Gasteiger partial charge in [0.2, 0.25) is 0 Å². The number of nitrogens with one attached hydrogen (secondary N) is 2. The number of rotatable bonds is 4. The van der Waals surface area contributed by atoms with Crippen LogP contribution < -0.4 is 15.4 Å². The number of ether oxygens (including phenoxy) is 1. The van der Waals surface area contributed by atoms with Crippen LogP contribution in [0.15, 0.2) is 24.3 Å². The molecule has 0 saturated heterocycles. The van der Waals surface area contributed by atoms with Crippen LogP contribution in [0.3, 0.4) is 0 Å². The topological polar surface area (TPSA) is 70.6 Å². The van der Waals surface area contributed by atoms with Crippen LogP contribution in [0.4, 0.5) is 32.4 Å². The van der Waals surface area contributed by atoms with E-state index < -0.39 is 66.7 Å². The van der Waals surface area contributed by atoms with Crippen LogP contribution in [-0.2, 0) is 12.8 Å². The van der Waals surface area contributed by atoms with Crippen LogP contribution in [0.25, 0.3) is 0 Å². The van der Waals surface area contributed by atoms with Crippen molar-refractivity contribution in [2.75, 3.05) is 18.7 Å². The van der Waals surface area contributed by atoms with Gasteiger partial charge in [0.05, 0.1) is 12.1 Å². The zero-order valence-electron chi connectivity index (χ0n) is 16.2. The molecule has 0 aromatic heterocycles. The van der Waals surface area contributed by atoms with Gasteiger partial charge in [-0.3, -0.25) is 0 Å². The number of alkyl halides is 2. The largest absolute Gasteiger partial charge is 0.478 e. The Morgan fingerprint density at radius 3 is 2.52 bits per heavy atom. The van der Waals surface area contributed by atoms with Crippen LogP contribution in [0.5, 0.6) is 5.75 Å². The van der Waals surface area contributed by atoms with Crippen molar-refractivity contribution in [2.24, 2.45) is 0 Å². The van der Waals surface area contributed by atoms with Crippen LogP contribution in [0.1, 0.15) is 29.2 Å². The van der Waals surface area contributed by atoms with E-state index in [9.17, 15) is 31.9 Å². The summed E-state index contributed by atoms with van der Waals surface area (Å²) in [5.74, 6) is -3.11. The van der Waals surface area contributed by atoms with Gasteiger partial charge in [-0.2, -0.15) is 0 Å². The molecule has 10 heteroatoms. The molecule has 3 N–H and O–H groups in total. The van der Waals surface area contributed by atoms with Gasteiger partial charge < -0.3 is 20.5 Å². The number of anilines is 1. The van der Waals surface area contributed by atoms with Gasteiger partial charge in [0.1, 0.15) is 25.0 Å². The first kappa shape index (κ1) is 21.4. The van der Waals surface area contributed by atoms with Crippen molar-refractivity contribution in [3.05, 3.63) is 58.4 Å². The number of halogens is 5. The molecule has 0 unspecified atom stereocenters. The molecule has 0 fully saturated rings. The van der Waals surface area contributed by atoms with E-state index in [4.69, 9.17) is 4.74 Å². The molecule has 5 nitrogen and oxygen atoms in total. The molecule has 1 aliphatic carbocycles. The number of aliphatic hydroxyl groups is 1. The molecule has 2 atom stereocenters. The predicted octanol–water partition coefficient (Wildman–Crippen LogP) is 3.89. The molecule has 0 radical (unpaired) electrons. The van der Waals surface area contributed by atoms with Crippen LogP contribution in [0.2, 0.25) is 0 Å². The molecule has 0 saturated carbocycles. The number of amides is 2. The maximum absolute atomic E-state index is 14.2. The van der Waals surface area contributed by atoms with Crippen molar-refractivity contribution in [3.63, 3.8) is 0 Å². The number of carbonyl (C=O) groups is 1. The van der Waals surface area contributed by atoms with Gasteiger partial charge in [0, 0.05) is 36.6 Å². The van der Waals surface area contributed by atoms with Gasteiger partial charge in [-0.1, -0.05) is 0 Å². The zero-order valence-corrected chi connectivity index (χ0v) is 16.2. The number of fused-ring (bicyclic) bond motifs is 2. The fourth-order valence-corrected chi connectivity index (χ4v) is 4.11. The number of urea groups is 1. The minimum absolute atomic E-state index is 0.0927.